The number of rotatable bonds is 6. The molecular weight excluding hydrogens is 683 g/mol. The molecule has 10 aromatic rings. The first-order valence-electron chi connectivity index (χ1n) is 18.9. The highest BCUT2D eigenvalue weighted by molar-refractivity contribution is 7.27. The number of thiophene rings is 1. The lowest BCUT2D eigenvalue weighted by Gasteiger charge is -2.34. The van der Waals surface area contributed by atoms with Crippen LogP contribution in [0.1, 0.15) is 22.3 Å². The van der Waals surface area contributed by atoms with Gasteiger partial charge in [0.05, 0.1) is 15.8 Å². The molecule has 0 saturated heterocycles. The van der Waals surface area contributed by atoms with Crippen LogP contribution in [0.25, 0.3) is 53.2 Å². The van der Waals surface area contributed by atoms with Crippen LogP contribution in [0.15, 0.2) is 212 Å². The quantitative estimate of drug-likeness (QED) is 0.166. The Morgan fingerprint density at radius 2 is 0.873 bits per heavy atom. The van der Waals surface area contributed by atoms with Crippen molar-refractivity contribution in [2.45, 2.75) is 5.41 Å². The maximum Gasteiger partial charge on any atom is 0.0713 e. The highest BCUT2D eigenvalue weighted by Gasteiger charge is 2.45. The predicted molar refractivity (Wildman–Crippen MR) is 234 cm³/mol. The molecule has 0 amide bonds. The van der Waals surface area contributed by atoms with Crippen molar-refractivity contribution < 1.29 is 0 Å². The molecule has 0 N–H and O–H groups in total. The van der Waals surface area contributed by atoms with Crippen LogP contribution in [0.2, 0.25) is 0 Å². The maximum atomic E-state index is 2.45. The molecule has 0 radical (unpaired) electrons. The van der Waals surface area contributed by atoms with E-state index in [2.05, 4.69) is 217 Å². The Morgan fingerprint density at radius 1 is 0.345 bits per heavy atom. The van der Waals surface area contributed by atoms with Crippen molar-refractivity contribution in [1.82, 2.24) is 0 Å². The Labute approximate surface area is 325 Å². The van der Waals surface area contributed by atoms with Gasteiger partial charge in [0.2, 0.25) is 0 Å². The van der Waals surface area contributed by atoms with Crippen LogP contribution in [-0.4, -0.2) is 0 Å². The third-order valence-corrected chi connectivity index (χ3v) is 12.8. The summed E-state index contributed by atoms with van der Waals surface area (Å²) in [5.41, 5.74) is 13.2. The summed E-state index contributed by atoms with van der Waals surface area (Å²) in [5, 5.41) is 5.17. The molecule has 1 aliphatic rings. The Morgan fingerprint density at radius 3 is 1.58 bits per heavy atom. The van der Waals surface area contributed by atoms with E-state index in [4.69, 9.17) is 0 Å². The van der Waals surface area contributed by atoms with Crippen LogP contribution in [-0.2, 0) is 5.41 Å². The third-order valence-electron chi connectivity index (χ3n) is 11.6. The minimum absolute atomic E-state index is 0.443. The predicted octanol–water partition coefficient (Wildman–Crippen LogP) is 14.7. The van der Waals surface area contributed by atoms with Gasteiger partial charge in [-0.05, 0) is 85.6 Å². The molecule has 258 valence electrons. The fourth-order valence-corrected chi connectivity index (χ4v) is 10.5. The lowest BCUT2D eigenvalue weighted by atomic mass is 9.68. The fourth-order valence-electron chi connectivity index (χ4n) is 9.12. The number of hydrogen-bond acceptors (Lipinski definition) is 2. The van der Waals surface area contributed by atoms with Crippen molar-refractivity contribution in [2.24, 2.45) is 0 Å². The summed E-state index contributed by atoms with van der Waals surface area (Å²) >= 11 is 1.90. The summed E-state index contributed by atoms with van der Waals surface area (Å²) in [6.07, 6.45) is 0. The second-order valence-electron chi connectivity index (χ2n) is 14.4. The van der Waals surface area contributed by atoms with Crippen LogP contribution in [0.3, 0.4) is 0 Å². The standard InChI is InChI=1S/C53H35NS/c1-3-14-36(15-4-1)37-26-31-41(32-27-37)54(50-25-13-22-46-47-35-28-38-16-7-8-19-43(38)51(47)55-52(46)50)42-33-29-40(30-34-42)53(39-17-5-2-6-18-39)48-23-11-9-20-44(48)45-21-10-12-24-49(45)53/h1-35H. The van der Waals surface area contributed by atoms with E-state index >= 15 is 0 Å². The van der Waals surface area contributed by atoms with Crippen LogP contribution in [0.4, 0.5) is 17.1 Å². The second kappa shape index (κ2) is 12.7. The van der Waals surface area contributed by atoms with Crippen molar-refractivity contribution in [3.63, 3.8) is 0 Å². The van der Waals surface area contributed by atoms with E-state index in [1.807, 2.05) is 11.3 Å². The molecule has 1 nitrogen and oxygen atoms in total. The van der Waals surface area contributed by atoms with Crippen molar-refractivity contribution in [1.29, 1.82) is 0 Å². The zero-order chi connectivity index (χ0) is 36.3. The summed E-state index contributed by atoms with van der Waals surface area (Å²) < 4.78 is 2.61. The van der Waals surface area contributed by atoms with Crippen LogP contribution < -0.4 is 4.90 Å². The molecule has 0 aliphatic heterocycles. The highest BCUT2D eigenvalue weighted by Crippen LogP contribution is 2.56. The first kappa shape index (κ1) is 31.8. The molecule has 0 fully saturated rings. The van der Waals surface area contributed by atoms with Crippen molar-refractivity contribution >= 4 is 59.3 Å². The molecule has 55 heavy (non-hydrogen) atoms. The number of fused-ring (bicyclic) bond motifs is 8. The van der Waals surface area contributed by atoms with E-state index in [0.717, 1.165) is 11.4 Å². The number of anilines is 3. The molecular formula is C53H35NS. The summed E-state index contributed by atoms with van der Waals surface area (Å²) in [7, 11) is 0. The molecule has 1 heterocycles. The smallest absolute Gasteiger partial charge is 0.0713 e. The van der Waals surface area contributed by atoms with Gasteiger partial charge in [0.1, 0.15) is 0 Å². The first-order chi connectivity index (χ1) is 27.3. The molecule has 1 aliphatic carbocycles. The average Bonchev–Trinajstić information content (AvgIpc) is 3.80. The Kier molecular flexibility index (Phi) is 7.33. The van der Waals surface area contributed by atoms with Gasteiger partial charge in [-0.1, -0.05) is 182 Å². The average molecular weight is 718 g/mol. The monoisotopic (exact) mass is 717 g/mol. The van der Waals surface area contributed by atoms with E-state index < -0.39 is 5.41 Å². The van der Waals surface area contributed by atoms with E-state index in [1.165, 1.54) is 81.1 Å². The third kappa shape index (κ3) is 4.85. The molecule has 0 saturated carbocycles. The number of nitrogens with zero attached hydrogens (tertiary/aromatic N) is 1. The molecule has 2 heteroatoms. The van der Waals surface area contributed by atoms with E-state index in [-0.39, 0.29) is 0 Å². The van der Waals surface area contributed by atoms with Gasteiger partial charge in [-0.15, -0.1) is 11.3 Å². The van der Waals surface area contributed by atoms with Crippen molar-refractivity contribution in [2.75, 3.05) is 4.90 Å². The molecule has 11 rings (SSSR count). The van der Waals surface area contributed by atoms with E-state index in [9.17, 15) is 0 Å². The van der Waals surface area contributed by atoms with Gasteiger partial charge in [0, 0.05) is 26.8 Å². The molecule has 1 aromatic heterocycles. The molecule has 9 aromatic carbocycles. The van der Waals surface area contributed by atoms with Gasteiger partial charge >= 0.3 is 0 Å². The second-order valence-corrected chi connectivity index (χ2v) is 15.4. The largest absolute Gasteiger partial charge is 0.309 e. The van der Waals surface area contributed by atoms with Crippen LogP contribution in [0, 0.1) is 0 Å². The molecule has 0 atom stereocenters. The number of hydrogen-bond donors (Lipinski definition) is 0. The summed E-state index contributed by atoms with van der Waals surface area (Å²) in [4.78, 5) is 2.45. The maximum absolute atomic E-state index is 2.45. The van der Waals surface area contributed by atoms with Gasteiger partial charge < -0.3 is 4.90 Å². The Hall–Kier alpha value is -6.74. The van der Waals surface area contributed by atoms with Gasteiger partial charge in [-0.25, -0.2) is 0 Å². The Balaban J connectivity index is 1.12. The van der Waals surface area contributed by atoms with E-state index in [0.29, 0.717) is 0 Å². The lowest BCUT2D eigenvalue weighted by Crippen LogP contribution is -2.28. The van der Waals surface area contributed by atoms with Gasteiger partial charge in [0.15, 0.2) is 0 Å². The number of benzene rings is 9. The van der Waals surface area contributed by atoms with Crippen molar-refractivity contribution in [3.8, 4) is 22.3 Å². The molecule has 0 bridgehead atoms. The van der Waals surface area contributed by atoms with Gasteiger partial charge in [0.25, 0.3) is 0 Å². The lowest BCUT2D eigenvalue weighted by molar-refractivity contribution is 0.768. The minimum Gasteiger partial charge on any atom is -0.309 e. The SMILES string of the molecule is c1ccc(-c2ccc(N(c3ccc(C4(c5ccccc5)c5ccccc5-c5ccccc54)cc3)c3cccc4c3sc3c5ccccc5ccc43)cc2)cc1. The fraction of sp³-hybridized carbons (Fsp3) is 0.0189. The summed E-state index contributed by atoms with van der Waals surface area (Å²) in [5.74, 6) is 0. The first-order valence-corrected chi connectivity index (χ1v) is 19.7. The van der Waals surface area contributed by atoms with Crippen molar-refractivity contribution in [3.05, 3.63) is 235 Å². The zero-order valence-electron chi connectivity index (χ0n) is 30.1. The van der Waals surface area contributed by atoms with Crippen LogP contribution in [0.5, 0.6) is 0 Å². The summed E-state index contributed by atoms with van der Waals surface area (Å²) in [6, 6.07) is 78.1. The minimum atomic E-state index is -0.443. The topological polar surface area (TPSA) is 3.24 Å². The van der Waals surface area contributed by atoms with E-state index in [1.54, 1.807) is 0 Å². The molecule has 0 unspecified atom stereocenters. The van der Waals surface area contributed by atoms with Crippen LogP contribution >= 0.6 is 11.3 Å². The van der Waals surface area contributed by atoms with Gasteiger partial charge in [-0.2, -0.15) is 0 Å². The molecule has 0 spiro atoms. The van der Waals surface area contributed by atoms with Gasteiger partial charge in [-0.3, -0.25) is 0 Å². The normalized spacial score (nSPS) is 12.9. The zero-order valence-corrected chi connectivity index (χ0v) is 30.9. The highest BCUT2D eigenvalue weighted by atomic mass is 32.1. The Bertz CT molecular complexity index is 2970. The summed E-state index contributed by atoms with van der Waals surface area (Å²) in [6.45, 7) is 0.